The van der Waals surface area contributed by atoms with Crippen LogP contribution in [-0.2, 0) is 11.2 Å². The molecule has 1 amide bonds. The Morgan fingerprint density at radius 2 is 2.08 bits per heavy atom. The van der Waals surface area contributed by atoms with Crippen molar-refractivity contribution >= 4 is 34.5 Å². The van der Waals surface area contributed by atoms with E-state index in [4.69, 9.17) is 25.5 Å². The maximum Gasteiger partial charge on any atom is 0.248 e. The third-order valence-electron chi connectivity index (χ3n) is 3.55. The summed E-state index contributed by atoms with van der Waals surface area (Å²) in [6.07, 6.45) is 0.509. The van der Waals surface area contributed by atoms with Gasteiger partial charge in [0.25, 0.3) is 0 Å². The molecule has 0 fully saturated rings. The Kier molecular flexibility index (Phi) is 5.75. The molecule has 2 heterocycles. The Balaban J connectivity index is 1.63. The van der Waals surface area contributed by atoms with Crippen LogP contribution in [0.3, 0.4) is 0 Å². The molecule has 7 nitrogen and oxygen atoms in total. The minimum atomic E-state index is -0.219. The average Bonchev–Trinajstić information content (AvgIpc) is 3.32. The highest BCUT2D eigenvalue weighted by Gasteiger charge is 2.14. The SMILES string of the molecule is COc1cc(NC(=O)CCc2nnc(-c3ccsc3)o2)c(OC)cc1Cl. The molecule has 1 aromatic carbocycles. The largest absolute Gasteiger partial charge is 0.495 e. The number of aryl methyl sites for hydroxylation is 1. The van der Waals surface area contributed by atoms with E-state index in [1.807, 2.05) is 16.8 Å². The van der Waals surface area contributed by atoms with Crippen molar-refractivity contribution in [2.24, 2.45) is 0 Å². The first-order chi connectivity index (χ1) is 12.6. The number of nitrogens with zero attached hydrogens (tertiary/aromatic N) is 2. The highest BCUT2D eigenvalue weighted by molar-refractivity contribution is 7.08. The second-order valence-corrected chi connectivity index (χ2v) is 6.44. The van der Waals surface area contributed by atoms with Gasteiger partial charge in [0, 0.05) is 35.9 Å². The molecule has 0 saturated heterocycles. The summed E-state index contributed by atoms with van der Waals surface area (Å²) in [5.74, 6) is 1.53. The van der Waals surface area contributed by atoms with Gasteiger partial charge in [-0.05, 0) is 11.4 Å². The first kappa shape index (κ1) is 18.2. The molecular weight excluding hydrogens is 378 g/mol. The molecule has 3 aromatic rings. The van der Waals surface area contributed by atoms with Gasteiger partial charge in [-0.25, -0.2) is 0 Å². The first-order valence-electron chi connectivity index (χ1n) is 7.67. The van der Waals surface area contributed by atoms with Gasteiger partial charge < -0.3 is 19.2 Å². The van der Waals surface area contributed by atoms with E-state index in [9.17, 15) is 4.79 Å². The summed E-state index contributed by atoms with van der Waals surface area (Å²) in [5.41, 5.74) is 1.35. The third-order valence-corrected chi connectivity index (χ3v) is 4.53. The minimum absolute atomic E-state index is 0.180. The average molecular weight is 394 g/mol. The van der Waals surface area contributed by atoms with Gasteiger partial charge in [-0.15, -0.1) is 10.2 Å². The van der Waals surface area contributed by atoms with Crippen molar-refractivity contribution in [3.63, 3.8) is 0 Å². The van der Waals surface area contributed by atoms with Crippen molar-refractivity contribution in [1.82, 2.24) is 10.2 Å². The number of carbonyl (C=O) groups is 1. The molecule has 0 aliphatic rings. The highest BCUT2D eigenvalue weighted by atomic mass is 35.5. The Hall–Kier alpha value is -2.58. The van der Waals surface area contributed by atoms with Crippen LogP contribution in [0.25, 0.3) is 11.5 Å². The Bertz CT molecular complexity index is 896. The molecule has 0 saturated carbocycles. The van der Waals surface area contributed by atoms with Gasteiger partial charge in [-0.3, -0.25) is 4.79 Å². The maximum atomic E-state index is 12.2. The van der Waals surface area contributed by atoms with Crippen molar-refractivity contribution in [3.8, 4) is 23.0 Å². The smallest absolute Gasteiger partial charge is 0.248 e. The zero-order valence-corrected chi connectivity index (χ0v) is 15.7. The van der Waals surface area contributed by atoms with E-state index in [1.54, 1.807) is 23.5 Å². The number of benzene rings is 1. The van der Waals surface area contributed by atoms with E-state index in [0.717, 1.165) is 5.56 Å². The fourth-order valence-electron chi connectivity index (χ4n) is 2.25. The lowest BCUT2D eigenvalue weighted by molar-refractivity contribution is -0.116. The molecule has 1 N–H and O–H groups in total. The van der Waals surface area contributed by atoms with Crippen LogP contribution in [0, 0.1) is 0 Å². The fourth-order valence-corrected chi connectivity index (χ4v) is 3.11. The minimum Gasteiger partial charge on any atom is -0.495 e. The molecule has 0 bridgehead atoms. The summed E-state index contributed by atoms with van der Waals surface area (Å²) in [5, 5.41) is 15.0. The monoisotopic (exact) mass is 393 g/mol. The summed E-state index contributed by atoms with van der Waals surface area (Å²) >= 11 is 7.61. The lowest BCUT2D eigenvalue weighted by Gasteiger charge is -2.12. The topological polar surface area (TPSA) is 86.5 Å². The maximum absolute atomic E-state index is 12.2. The molecule has 136 valence electrons. The molecule has 3 rings (SSSR count). The molecule has 0 radical (unpaired) electrons. The molecule has 0 aliphatic heterocycles. The van der Waals surface area contributed by atoms with E-state index < -0.39 is 0 Å². The van der Waals surface area contributed by atoms with Crippen LogP contribution in [0.2, 0.25) is 5.02 Å². The van der Waals surface area contributed by atoms with Crippen molar-refractivity contribution in [3.05, 3.63) is 39.9 Å². The number of aromatic nitrogens is 2. The predicted octanol–water partition coefficient (Wildman–Crippen LogP) is 4.04. The number of rotatable bonds is 7. The molecular formula is C17H16ClN3O4S. The van der Waals surface area contributed by atoms with Crippen LogP contribution >= 0.6 is 22.9 Å². The Labute approximate surface area is 158 Å². The van der Waals surface area contributed by atoms with Crippen LogP contribution in [-0.4, -0.2) is 30.3 Å². The van der Waals surface area contributed by atoms with Gasteiger partial charge >= 0.3 is 0 Å². The summed E-state index contributed by atoms with van der Waals surface area (Å²) in [7, 11) is 3.00. The molecule has 2 aromatic heterocycles. The predicted molar refractivity (Wildman–Crippen MR) is 99.1 cm³/mol. The molecule has 0 unspecified atom stereocenters. The number of thiophene rings is 1. The quantitative estimate of drug-likeness (QED) is 0.651. The van der Waals surface area contributed by atoms with Gasteiger partial charge in [-0.2, -0.15) is 11.3 Å². The second kappa shape index (κ2) is 8.20. The van der Waals surface area contributed by atoms with Crippen LogP contribution in [0.5, 0.6) is 11.5 Å². The molecule has 0 aliphatic carbocycles. The first-order valence-corrected chi connectivity index (χ1v) is 8.99. The lowest BCUT2D eigenvalue weighted by Crippen LogP contribution is -2.13. The molecule has 0 spiro atoms. The van der Waals surface area contributed by atoms with Crippen molar-refractivity contribution < 1.29 is 18.7 Å². The molecule has 0 atom stereocenters. The van der Waals surface area contributed by atoms with Gasteiger partial charge in [0.2, 0.25) is 17.7 Å². The molecule has 26 heavy (non-hydrogen) atoms. The van der Waals surface area contributed by atoms with Crippen LogP contribution in [0.1, 0.15) is 12.3 Å². The number of amides is 1. The molecule has 9 heteroatoms. The zero-order chi connectivity index (χ0) is 18.5. The lowest BCUT2D eigenvalue weighted by atomic mass is 10.2. The number of methoxy groups -OCH3 is 2. The number of nitrogens with one attached hydrogen (secondary N) is 1. The Morgan fingerprint density at radius 3 is 2.77 bits per heavy atom. The standard InChI is InChI=1S/C17H16ClN3O4S/c1-23-13-8-12(14(24-2)7-11(13)18)19-15(22)3-4-16-20-21-17(25-16)10-5-6-26-9-10/h5-9H,3-4H2,1-2H3,(H,19,22). The van der Waals surface area contributed by atoms with Crippen molar-refractivity contribution in [2.45, 2.75) is 12.8 Å². The van der Waals surface area contributed by atoms with Crippen LogP contribution < -0.4 is 14.8 Å². The normalized spacial score (nSPS) is 10.6. The highest BCUT2D eigenvalue weighted by Crippen LogP contribution is 2.35. The van der Waals surface area contributed by atoms with Crippen LogP contribution in [0.15, 0.2) is 33.4 Å². The van der Waals surface area contributed by atoms with Gasteiger partial charge in [0.1, 0.15) is 11.5 Å². The van der Waals surface area contributed by atoms with E-state index >= 15 is 0 Å². The number of carbonyl (C=O) groups excluding carboxylic acids is 1. The van der Waals surface area contributed by atoms with Gasteiger partial charge in [-0.1, -0.05) is 11.6 Å². The number of hydrogen-bond donors (Lipinski definition) is 1. The van der Waals surface area contributed by atoms with E-state index in [2.05, 4.69) is 15.5 Å². The summed E-state index contributed by atoms with van der Waals surface area (Å²) in [6, 6.07) is 5.09. The van der Waals surface area contributed by atoms with E-state index in [1.165, 1.54) is 14.2 Å². The van der Waals surface area contributed by atoms with Gasteiger partial charge in [0.05, 0.1) is 24.9 Å². The summed E-state index contributed by atoms with van der Waals surface area (Å²) < 4.78 is 16.0. The second-order valence-electron chi connectivity index (χ2n) is 5.25. The summed E-state index contributed by atoms with van der Waals surface area (Å²) in [6.45, 7) is 0. The number of halogens is 1. The summed E-state index contributed by atoms with van der Waals surface area (Å²) in [4.78, 5) is 12.2. The van der Waals surface area contributed by atoms with E-state index in [0.29, 0.717) is 40.4 Å². The van der Waals surface area contributed by atoms with Crippen molar-refractivity contribution in [1.29, 1.82) is 0 Å². The van der Waals surface area contributed by atoms with E-state index in [-0.39, 0.29) is 12.3 Å². The number of hydrogen-bond acceptors (Lipinski definition) is 7. The fraction of sp³-hybridized carbons (Fsp3) is 0.235. The van der Waals surface area contributed by atoms with Crippen molar-refractivity contribution in [2.75, 3.05) is 19.5 Å². The van der Waals surface area contributed by atoms with Gasteiger partial charge in [0.15, 0.2) is 0 Å². The zero-order valence-electron chi connectivity index (χ0n) is 14.1. The third kappa shape index (κ3) is 4.14. The Morgan fingerprint density at radius 1 is 1.27 bits per heavy atom. The number of anilines is 1. The number of ether oxygens (including phenoxy) is 2. The van der Waals surface area contributed by atoms with Crippen LogP contribution in [0.4, 0.5) is 5.69 Å².